The molecule has 0 fully saturated rings. The zero-order valence-electron chi connectivity index (χ0n) is 16.4. The Morgan fingerprint density at radius 2 is 1.86 bits per heavy atom. The minimum atomic E-state index is -3.51. The fourth-order valence-electron chi connectivity index (χ4n) is 2.70. The first-order valence-corrected chi connectivity index (χ1v) is 10.6. The van der Waals surface area contributed by atoms with Crippen LogP contribution in [-0.4, -0.2) is 39.2 Å². The third-order valence-electron chi connectivity index (χ3n) is 4.16. The maximum Gasteiger partial charge on any atom is 0.271 e. The number of anilines is 2. The van der Waals surface area contributed by atoms with Crippen molar-refractivity contribution in [1.29, 1.82) is 0 Å². The third-order valence-corrected chi connectivity index (χ3v) is 5.35. The zero-order chi connectivity index (χ0) is 21.6. The van der Waals surface area contributed by atoms with Crippen LogP contribution < -0.4 is 14.4 Å². The van der Waals surface area contributed by atoms with Crippen molar-refractivity contribution in [2.75, 3.05) is 29.5 Å². The van der Waals surface area contributed by atoms with Crippen molar-refractivity contribution < 1.29 is 22.9 Å². The molecule has 0 aromatic heterocycles. The van der Waals surface area contributed by atoms with Gasteiger partial charge in [-0.15, -0.1) is 0 Å². The van der Waals surface area contributed by atoms with Gasteiger partial charge in [0.25, 0.3) is 5.69 Å². The Labute approximate surface area is 169 Å². The summed E-state index contributed by atoms with van der Waals surface area (Å²) in [6, 6.07) is 10.9. The zero-order valence-corrected chi connectivity index (χ0v) is 17.2. The van der Waals surface area contributed by atoms with E-state index in [1.54, 1.807) is 12.1 Å². The topological polar surface area (TPSA) is 119 Å². The molecule has 0 heterocycles. The van der Waals surface area contributed by atoms with Gasteiger partial charge < -0.3 is 10.1 Å². The summed E-state index contributed by atoms with van der Waals surface area (Å²) < 4.78 is 30.6. The highest BCUT2D eigenvalue weighted by atomic mass is 32.2. The van der Waals surface area contributed by atoms with Crippen molar-refractivity contribution in [2.24, 2.45) is 0 Å². The molecular weight excluding hydrogens is 398 g/mol. The summed E-state index contributed by atoms with van der Waals surface area (Å²) in [4.78, 5) is 22.6. The molecule has 0 aliphatic heterocycles. The second kappa shape index (κ2) is 9.37. The number of sulfonamides is 1. The summed E-state index contributed by atoms with van der Waals surface area (Å²) in [6.07, 6.45) is 1.41. The van der Waals surface area contributed by atoms with E-state index in [1.165, 1.54) is 29.6 Å². The third kappa shape index (κ3) is 6.18. The van der Waals surface area contributed by atoms with Crippen molar-refractivity contribution in [1.82, 2.24) is 0 Å². The van der Waals surface area contributed by atoms with Gasteiger partial charge in [0, 0.05) is 25.1 Å². The summed E-state index contributed by atoms with van der Waals surface area (Å²) in [5.74, 6) is -0.109. The summed E-state index contributed by atoms with van der Waals surface area (Å²) in [7, 11) is -2.12. The smallest absolute Gasteiger partial charge is 0.271 e. The Morgan fingerprint density at radius 3 is 2.41 bits per heavy atom. The molecule has 0 bridgehead atoms. The van der Waals surface area contributed by atoms with Gasteiger partial charge >= 0.3 is 0 Å². The number of hydrogen-bond acceptors (Lipinski definition) is 6. The van der Waals surface area contributed by atoms with Crippen LogP contribution in [0.2, 0.25) is 0 Å². The van der Waals surface area contributed by atoms with Crippen LogP contribution >= 0.6 is 0 Å². The number of ether oxygens (including phenoxy) is 1. The molecule has 0 unspecified atom stereocenters. The number of hydrogen-bond donors (Lipinski definition) is 1. The SMILES string of the molecule is COc1ccc([N+](=O)[O-])cc1NC(=O)CCCN(c1ccc(C)cc1)S(C)(=O)=O. The predicted molar refractivity (Wildman–Crippen MR) is 111 cm³/mol. The van der Waals surface area contributed by atoms with E-state index in [0.717, 1.165) is 11.8 Å². The predicted octanol–water partition coefficient (Wildman–Crippen LogP) is 3.10. The van der Waals surface area contributed by atoms with Crippen molar-refractivity contribution in [3.8, 4) is 5.75 Å². The Morgan fingerprint density at radius 1 is 1.21 bits per heavy atom. The molecule has 2 aromatic rings. The van der Waals surface area contributed by atoms with Gasteiger partial charge in [-0.3, -0.25) is 19.2 Å². The van der Waals surface area contributed by atoms with Crippen molar-refractivity contribution in [3.05, 3.63) is 58.1 Å². The minimum Gasteiger partial charge on any atom is -0.495 e. The van der Waals surface area contributed by atoms with Gasteiger partial charge in [0.05, 0.1) is 29.7 Å². The Kier molecular flexibility index (Phi) is 7.16. The van der Waals surface area contributed by atoms with E-state index in [9.17, 15) is 23.3 Å². The lowest BCUT2D eigenvalue weighted by Crippen LogP contribution is -2.31. The first-order valence-electron chi connectivity index (χ1n) is 8.78. The summed E-state index contributed by atoms with van der Waals surface area (Å²) in [5.41, 5.74) is 1.54. The number of nitro groups is 1. The quantitative estimate of drug-likeness (QED) is 0.491. The molecule has 156 valence electrons. The Hall–Kier alpha value is -3.14. The number of nitrogens with zero attached hydrogens (tertiary/aromatic N) is 2. The maximum atomic E-state index is 12.3. The molecule has 10 heteroatoms. The van der Waals surface area contributed by atoms with E-state index < -0.39 is 20.9 Å². The Balaban J connectivity index is 2.03. The lowest BCUT2D eigenvalue weighted by Gasteiger charge is -2.22. The molecule has 0 aliphatic carbocycles. The van der Waals surface area contributed by atoms with Crippen LogP contribution in [0.25, 0.3) is 0 Å². The number of carbonyl (C=O) groups excluding carboxylic acids is 1. The highest BCUT2D eigenvalue weighted by Gasteiger charge is 2.18. The maximum absolute atomic E-state index is 12.3. The van der Waals surface area contributed by atoms with Gasteiger partial charge in [-0.2, -0.15) is 0 Å². The van der Waals surface area contributed by atoms with E-state index in [4.69, 9.17) is 4.74 Å². The molecule has 0 spiro atoms. The van der Waals surface area contributed by atoms with Crippen LogP contribution in [0.5, 0.6) is 5.75 Å². The molecule has 0 saturated heterocycles. The van der Waals surface area contributed by atoms with Gasteiger partial charge in [0.2, 0.25) is 15.9 Å². The highest BCUT2D eigenvalue weighted by molar-refractivity contribution is 7.92. The van der Waals surface area contributed by atoms with E-state index in [-0.39, 0.29) is 30.8 Å². The molecule has 2 aromatic carbocycles. The van der Waals surface area contributed by atoms with Crippen molar-refractivity contribution in [3.63, 3.8) is 0 Å². The van der Waals surface area contributed by atoms with E-state index in [0.29, 0.717) is 11.4 Å². The second-order valence-electron chi connectivity index (χ2n) is 6.46. The Bertz CT molecular complexity index is 990. The molecule has 29 heavy (non-hydrogen) atoms. The second-order valence-corrected chi connectivity index (χ2v) is 8.37. The minimum absolute atomic E-state index is 0.0315. The van der Waals surface area contributed by atoms with Crippen LogP contribution in [0.3, 0.4) is 0 Å². The number of nitro benzene ring substituents is 1. The number of nitrogens with one attached hydrogen (secondary N) is 1. The van der Waals surface area contributed by atoms with Crippen molar-refractivity contribution in [2.45, 2.75) is 19.8 Å². The van der Waals surface area contributed by atoms with Crippen LogP contribution in [0.4, 0.5) is 17.1 Å². The van der Waals surface area contributed by atoms with Crippen LogP contribution in [0.1, 0.15) is 18.4 Å². The van der Waals surface area contributed by atoms with E-state index in [2.05, 4.69) is 5.32 Å². The molecule has 2 rings (SSSR count). The van der Waals surface area contributed by atoms with Gasteiger partial charge in [-0.1, -0.05) is 17.7 Å². The fraction of sp³-hybridized carbons (Fsp3) is 0.316. The molecule has 0 radical (unpaired) electrons. The normalized spacial score (nSPS) is 11.0. The first-order chi connectivity index (χ1) is 13.6. The number of benzene rings is 2. The molecule has 0 saturated carbocycles. The van der Waals surface area contributed by atoms with Crippen LogP contribution in [-0.2, 0) is 14.8 Å². The van der Waals surface area contributed by atoms with Gasteiger partial charge in [-0.05, 0) is 31.5 Å². The molecule has 1 N–H and O–H groups in total. The summed E-state index contributed by atoms with van der Waals surface area (Å²) in [6.45, 7) is 2.03. The van der Waals surface area contributed by atoms with Gasteiger partial charge in [0.1, 0.15) is 5.75 Å². The summed E-state index contributed by atoms with van der Waals surface area (Å²) in [5, 5.41) is 13.5. The standard InChI is InChI=1S/C19H23N3O6S/c1-14-6-8-15(9-7-14)21(29(3,26)27)12-4-5-19(23)20-17-13-16(22(24)25)10-11-18(17)28-2/h6-11,13H,4-5,12H2,1-3H3,(H,20,23). The average Bonchev–Trinajstić information content (AvgIpc) is 2.65. The number of rotatable bonds is 9. The molecule has 1 amide bonds. The number of methoxy groups -OCH3 is 1. The lowest BCUT2D eigenvalue weighted by atomic mass is 10.2. The average molecular weight is 421 g/mol. The van der Waals surface area contributed by atoms with Crippen molar-refractivity contribution >= 4 is 33.0 Å². The van der Waals surface area contributed by atoms with Crippen LogP contribution in [0.15, 0.2) is 42.5 Å². The number of carbonyl (C=O) groups is 1. The van der Waals surface area contributed by atoms with Gasteiger partial charge in [-0.25, -0.2) is 8.42 Å². The number of amides is 1. The molecular formula is C19H23N3O6S. The number of aryl methyl sites for hydroxylation is 1. The van der Waals surface area contributed by atoms with Crippen LogP contribution in [0, 0.1) is 17.0 Å². The molecule has 0 atom stereocenters. The summed E-state index contributed by atoms with van der Waals surface area (Å²) >= 11 is 0. The number of non-ortho nitro benzene ring substituents is 1. The van der Waals surface area contributed by atoms with Gasteiger partial charge in [0.15, 0.2) is 0 Å². The van der Waals surface area contributed by atoms with E-state index in [1.807, 2.05) is 19.1 Å². The highest BCUT2D eigenvalue weighted by Crippen LogP contribution is 2.29. The monoisotopic (exact) mass is 421 g/mol. The van der Waals surface area contributed by atoms with E-state index >= 15 is 0 Å². The lowest BCUT2D eigenvalue weighted by molar-refractivity contribution is -0.384. The first kappa shape index (κ1) is 22.2. The molecule has 9 nitrogen and oxygen atoms in total. The fourth-order valence-corrected chi connectivity index (χ4v) is 3.67. The molecule has 0 aliphatic rings. The largest absolute Gasteiger partial charge is 0.495 e.